The highest BCUT2D eigenvalue weighted by Crippen LogP contribution is 2.46. The number of hydrogen-bond acceptors (Lipinski definition) is 4. The number of hydrogen-bond donors (Lipinski definition) is 0. The number of nitrogens with zero attached hydrogens (tertiary/aromatic N) is 3. The molecule has 292 valence electrons. The van der Waals surface area contributed by atoms with Crippen molar-refractivity contribution in [2.24, 2.45) is 11.8 Å². The van der Waals surface area contributed by atoms with Crippen molar-refractivity contribution in [2.75, 3.05) is 0 Å². The van der Waals surface area contributed by atoms with Crippen LogP contribution in [0.4, 0.5) is 0 Å². The van der Waals surface area contributed by atoms with Crippen molar-refractivity contribution in [3.63, 3.8) is 0 Å². The first kappa shape index (κ1) is 37.0. The largest absolute Gasteiger partial charge is 0.208 e. The van der Waals surface area contributed by atoms with Crippen LogP contribution in [0.5, 0.6) is 0 Å². The fourth-order valence-electron chi connectivity index (χ4n) is 9.51. The summed E-state index contributed by atoms with van der Waals surface area (Å²) in [6, 6.07) is 58.8. The van der Waals surface area contributed by atoms with Crippen LogP contribution in [-0.4, -0.2) is 15.0 Å². The molecule has 3 unspecified atom stereocenters. The Balaban J connectivity index is 1.09. The van der Waals surface area contributed by atoms with Crippen molar-refractivity contribution in [1.29, 1.82) is 0 Å². The van der Waals surface area contributed by atoms with Crippen LogP contribution in [0.15, 0.2) is 194 Å². The highest BCUT2D eigenvalue weighted by molar-refractivity contribution is 7.26. The van der Waals surface area contributed by atoms with Crippen LogP contribution in [-0.2, 0) is 0 Å². The first-order chi connectivity index (χ1) is 30.1. The maximum absolute atomic E-state index is 5.52. The third-order valence-corrected chi connectivity index (χ3v) is 13.9. The molecule has 2 aliphatic rings. The molecule has 61 heavy (non-hydrogen) atoms. The molecule has 0 N–H and O–H groups in total. The zero-order chi connectivity index (χ0) is 40.9. The molecule has 3 nitrogen and oxygen atoms in total. The minimum atomic E-state index is 0.112. The first-order valence-corrected chi connectivity index (χ1v) is 22.1. The lowest BCUT2D eigenvalue weighted by atomic mass is 9.75. The average Bonchev–Trinajstić information content (AvgIpc) is 3.71. The van der Waals surface area contributed by atoms with E-state index in [1.54, 1.807) is 0 Å². The number of aromatic nitrogens is 3. The van der Waals surface area contributed by atoms with Crippen LogP contribution < -0.4 is 0 Å². The minimum absolute atomic E-state index is 0.112. The summed E-state index contributed by atoms with van der Waals surface area (Å²) in [4.78, 5) is 16.5. The fraction of sp³-hybridized carbons (Fsp3) is 0.105. The van der Waals surface area contributed by atoms with E-state index in [0.717, 1.165) is 34.3 Å². The summed E-state index contributed by atoms with van der Waals surface area (Å²) < 4.78 is 2.45. The van der Waals surface area contributed by atoms with Gasteiger partial charge in [0, 0.05) is 42.8 Å². The molecule has 7 aromatic carbocycles. The Morgan fingerprint density at radius 2 is 1.15 bits per heavy atom. The summed E-state index contributed by atoms with van der Waals surface area (Å²) in [7, 11) is 0. The van der Waals surface area contributed by atoms with Gasteiger partial charge in [-0.25, -0.2) is 15.0 Å². The summed E-state index contributed by atoms with van der Waals surface area (Å²) in [6.45, 7) is 4.66. The van der Waals surface area contributed by atoms with E-state index in [4.69, 9.17) is 15.0 Å². The lowest BCUT2D eigenvalue weighted by Crippen LogP contribution is -2.15. The zero-order valence-electron chi connectivity index (χ0n) is 34.2. The lowest BCUT2D eigenvalue weighted by Gasteiger charge is -2.29. The van der Waals surface area contributed by atoms with Crippen LogP contribution in [0.3, 0.4) is 0 Å². The third kappa shape index (κ3) is 6.74. The topological polar surface area (TPSA) is 38.7 Å². The van der Waals surface area contributed by atoms with Gasteiger partial charge in [0.1, 0.15) is 0 Å². The second-order valence-corrected chi connectivity index (χ2v) is 17.4. The lowest BCUT2D eigenvalue weighted by molar-refractivity contribution is 0.654. The predicted molar refractivity (Wildman–Crippen MR) is 258 cm³/mol. The summed E-state index contributed by atoms with van der Waals surface area (Å²) in [5.41, 5.74) is 12.1. The Morgan fingerprint density at radius 3 is 1.95 bits per heavy atom. The van der Waals surface area contributed by atoms with Gasteiger partial charge in [-0.3, -0.25) is 0 Å². The van der Waals surface area contributed by atoms with E-state index < -0.39 is 0 Å². The highest BCUT2D eigenvalue weighted by Gasteiger charge is 2.29. The van der Waals surface area contributed by atoms with Crippen molar-refractivity contribution < 1.29 is 0 Å². The summed E-state index contributed by atoms with van der Waals surface area (Å²) in [6.07, 6.45) is 12.3. The van der Waals surface area contributed by atoms with Crippen LogP contribution in [0, 0.1) is 11.8 Å². The zero-order valence-corrected chi connectivity index (χ0v) is 35.0. The Morgan fingerprint density at radius 1 is 0.492 bits per heavy atom. The monoisotopic (exact) mass is 801 g/mol. The minimum Gasteiger partial charge on any atom is -0.208 e. The van der Waals surface area contributed by atoms with Gasteiger partial charge in [0.2, 0.25) is 0 Å². The third-order valence-electron chi connectivity index (χ3n) is 12.7. The molecule has 0 radical (unpaired) electrons. The smallest absolute Gasteiger partial charge is 0.165 e. The molecule has 0 bridgehead atoms. The molecule has 2 aliphatic carbocycles. The molecule has 0 saturated heterocycles. The quantitative estimate of drug-likeness (QED) is 0.161. The summed E-state index contributed by atoms with van der Waals surface area (Å²) >= 11 is 1.81. The van der Waals surface area contributed by atoms with Crippen LogP contribution in [0.1, 0.15) is 48.7 Å². The van der Waals surface area contributed by atoms with Gasteiger partial charge in [-0.1, -0.05) is 196 Å². The SMILES string of the molecule is CC1CC(c2ccc(-c3ccccc3)cc2)=CC=C1c1nc(-c2c(C3C=CC=C(c4ccccc4)C3C)ccc3ccccc23)nc(-c2cccc3c2sc2ccccc23)n1. The molecule has 0 aliphatic heterocycles. The molecular formula is C57H43N3S. The number of fused-ring (bicyclic) bond motifs is 4. The highest BCUT2D eigenvalue weighted by atomic mass is 32.1. The maximum atomic E-state index is 5.52. The van der Waals surface area contributed by atoms with Crippen LogP contribution in [0.2, 0.25) is 0 Å². The van der Waals surface area contributed by atoms with Gasteiger partial charge in [-0.15, -0.1) is 11.3 Å². The predicted octanol–water partition coefficient (Wildman–Crippen LogP) is 15.3. The number of allylic oxidation sites excluding steroid dienone is 8. The van der Waals surface area contributed by atoms with Crippen molar-refractivity contribution in [1.82, 2.24) is 15.0 Å². The molecule has 11 rings (SSSR count). The van der Waals surface area contributed by atoms with E-state index in [9.17, 15) is 0 Å². The molecule has 2 aromatic heterocycles. The van der Waals surface area contributed by atoms with Crippen LogP contribution >= 0.6 is 11.3 Å². The molecule has 0 amide bonds. The van der Waals surface area contributed by atoms with E-state index in [2.05, 4.69) is 208 Å². The summed E-state index contributed by atoms with van der Waals surface area (Å²) in [5, 5.41) is 4.80. The van der Waals surface area contributed by atoms with E-state index in [1.807, 2.05) is 11.3 Å². The second-order valence-electron chi connectivity index (χ2n) is 16.4. The Labute approximate surface area is 360 Å². The Kier molecular flexibility index (Phi) is 9.43. The van der Waals surface area contributed by atoms with Gasteiger partial charge in [-0.05, 0) is 80.1 Å². The Hall–Kier alpha value is -7.01. The summed E-state index contributed by atoms with van der Waals surface area (Å²) in [5.74, 6) is 2.67. The standard InChI is InChI=1S/C57H43N3S/c1-36-35-43(40-29-27-39(28-30-40)38-15-5-3-6-16-38)32-33-44(36)55-58-56(51-25-14-24-50-48-21-11-12-26-52(48)61-54(50)51)60-57(59-55)53-47-20-10-9-19-42(47)31-34-49(53)46-23-13-22-45(37(46)2)41-17-7-4-8-18-41/h3-34,36-37,46H,35H2,1-2H3. The van der Waals surface area contributed by atoms with E-state index in [-0.39, 0.29) is 17.8 Å². The molecule has 9 aromatic rings. The Bertz CT molecular complexity index is 3240. The van der Waals surface area contributed by atoms with E-state index in [1.165, 1.54) is 64.5 Å². The fourth-order valence-corrected chi connectivity index (χ4v) is 10.7. The molecule has 0 spiro atoms. The number of thiophene rings is 1. The van der Waals surface area contributed by atoms with Crippen molar-refractivity contribution in [3.8, 4) is 33.9 Å². The number of rotatable bonds is 7. The molecule has 0 fully saturated rings. The van der Waals surface area contributed by atoms with Crippen LogP contribution in [0.25, 0.3) is 81.6 Å². The first-order valence-electron chi connectivity index (χ1n) is 21.3. The van der Waals surface area contributed by atoms with Gasteiger partial charge >= 0.3 is 0 Å². The second kappa shape index (κ2) is 15.5. The van der Waals surface area contributed by atoms with Gasteiger partial charge < -0.3 is 0 Å². The number of benzene rings is 7. The van der Waals surface area contributed by atoms with Gasteiger partial charge in [-0.2, -0.15) is 0 Å². The van der Waals surface area contributed by atoms with Gasteiger partial charge in [0.05, 0.1) is 0 Å². The van der Waals surface area contributed by atoms with Crippen molar-refractivity contribution >= 4 is 59.0 Å². The van der Waals surface area contributed by atoms with Gasteiger partial charge in [0.25, 0.3) is 0 Å². The van der Waals surface area contributed by atoms with Crippen molar-refractivity contribution in [3.05, 3.63) is 217 Å². The molecule has 3 atom stereocenters. The van der Waals surface area contributed by atoms with E-state index in [0.29, 0.717) is 11.6 Å². The normalized spacial score (nSPS) is 17.7. The molecule has 4 heteroatoms. The molecular weight excluding hydrogens is 759 g/mol. The molecule has 2 heterocycles. The maximum Gasteiger partial charge on any atom is 0.165 e. The van der Waals surface area contributed by atoms with E-state index >= 15 is 0 Å². The average molecular weight is 802 g/mol. The van der Waals surface area contributed by atoms with Crippen molar-refractivity contribution in [2.45, 2.75) is 26.2 Å². The van der Waals surface area contributed by atoms with Gasteiger partial charge in [0.15, 0.2) is 17.5 Å². The molecule has 0 saturated carbocycles.